The van der Waals surface area contributed by atoms with Crippen molar-refractivity contribution in [1.82, 2.24) is 5.32 Å². The fraction of sp³-hybridized carbons (Fsp3) is 0.667. The second-order valence-electron chi connectivity index (χ2n) is 6.50. The van der Waals surface area contributed by atoms with E-state index in [0.29, 0.717) is 19.1 Å². The Morgan fingerprint density at radius 3 is 2.76 bits per heavy atom. The number of hydrogen-bond donors (Lipinski definition) is 1. The van der Waals surface area contributed by atoms with Crippen molar-refractivity contribution in [3.8, 4) is 11.5 Å². The summed E-state index contributed by atoms with van der Waals surface area (Å²) in [6.07, 6.45) is 3.97. The van der Waals surface area contributed by atoms with Crippen LogP contribution in [0, 0.1) is 11.8 Å². The van der Waals surface area contributed by atoms with Gasteiger partial charge in [-0.25, -0.2) is 0 Å². The first-order valence-electron chi connectivity index (χ1n) is 8.38. The van der Waals surface area contributed by atoms with Gasteiger partial charge in [-0.1, -0.05) is 26.3 Å². The molecule has 3 heteroatoms. The lowest BCUT2D eigenvalue weighted by atomic mass is 9.71. The highest BCUT2D eigenvalue weighted by Crippen LogP contribution is 2.43. The highest BCUT2D eigenvalue weighted by molar-refractivity contribution is 5.45. The highest BCUT2D eigenvalue weighted by Gasteiger charge is 2.30. The number of nitrogens with one attached hydrogen (secondary N) is 1. The van der Waals surface area contributed by atoms with Crippen LogP contribution in [0.2, 0.25) is 0 Å². The van der Waals surface area contributed by atoms with E-state index in [1.165, 1.54) is 24.8 Å². The van der Waals surface area contributed by atoms with Gasteiger partial charge in [0.15, 0.2) is 11.5 Å². The molecule has 2 aliphatic rings. The Hall–Kier alpha value is -1.22. The van der Waals surface area contributed by atoms with Crippen LogP contribution in [0.25, 0.3) is 0 Å². The number of rotatable bonds is 4. The van der Waals surface area contributed by atoms with E-state index in [-0.39, 0.29) is 0 Å². The van der Waals surface area contributed by atoms with Gasteiger partial charge in [-0.2, -0.15) is 0 Å². The number of hydrogen-bond acceptors (Lipinski definition) is 3. The van der Waals surface area contributed by atoms with Gasteiger partial charge < -0.3 is 14.8 Å². The summed E-state index contributed by atoms with van der Waals surface area (Å²) in [5.74, 6) is 4.03. The molecular weight excluding hydrogens is 262 g/mol. The normalized spacial score (nSPS) is 28.4. The molecule has 3 nitrogen and oxygen atoms in total. The predicted octanol–water partition coefficient (Wildman–Crippen LogP) is 3.59. The van der Waals surface area contributed by atoms with Crippen molar-refractivity contribution in [3.05, 3.63) is 23.8 Å². The van der Waals surface area contributed by atoms with Crippen LogP contribution in [0.5, 0.6) is 11.5 Å². The smallest absolute Gasteiger partial charge is 0.161 e. The van der Waals surface area contributed by atoms with Crippen LogP contribution in [0.1, 0.15) is 44.6 Å². The van der Waals surface area contributed by atoms with E-state index in [0.717, 1.165) is 36.4 Å². The first kappa shape index (κ1) is 14.7. The third-order valence-corrected chi connectivity index (χ3v) is 4.91. The number of fused-ring (bicyclic) bond motifs is 1. The standard InChI is InChI=1S/C18H27NO2/c1-3-19-12-15-5-4-13(2)10-16(15)14-6-7-17-18(11-14)21-9-8-20-17/h6-7,11,13,15-16,19H,3-5,8-10,12H2,1-2H3. The molecule has 1 fully saturated rings. The Bertz CT molecular complexity index is 472. The van der Waals surface area contributed by atoms with E-state index in [1.54, 1.807) is 0 Å². The van der Waals surface area contributed by atoms with Crippen LogP contribution in [-0.2, 0) is 0 Å². The van der Waals surface area contributed by atoms with Gasteiger partial charge in [0, 0.05) is 0 Å². The Labute approximate surface area is 128 Å². The predicted molar refractivity (Wildman–Crippen MR) is 85.2 cm³/mol. The van der Waals surface area contributed by atoms with Crippen molar-refractivity contribution in [2.45, 2.75) is 39.0 Å². The molecule has 1 saturated carbocycles. The summed E-state index contributed by atoms with van der Waals surface area (Å²) < 4.78 is 11.4. The molecule has 1 heterocycles. The summed E-state index contributed by atoms with van der Waals surface area (Å²) >= 11 is 0. The molecule has 3 rings (SSSR count). The van der Waals surface area contributed by atoms with Crippen molar-refractivity contribution >= 4 is 0 Å². The minimum atomic E-state index is 0.642. The van der Waals surface area contributed by atoms with Crippen molar-refractivity contribution in [2.75, 3.05) is 26.3 Å². The quantitative estimate of drug-likeness (QED) is 0.919. The molecule has 0 aromatic heterocycles. The maximum absolute atomic E-state index is 5.76. The van der Waals surface area contributed by atoms with Crippen LogP contribution in [0.4, 0.5) is 0 Å². The first-order valence-corrected chi connectivity index (χ1v) is 8.38. The third-order valence-electron chi connectivity index (χ3n) is 4.91. The zero-order valence-corrected chi connectivity index (χ0v) is 13.2. The topological polar surface area (TPSA) is 30.5 Å². The average Bonchev–Trinajstić information content (AvgIpc) is 2.53. The zero-order valence-electron chi connectivity index (χ0n) is 13.2. The molecular formula is C18H27NO2. The minimum Gasteiger partial charge on any atom is -0.486 e. The lowest BCUT2D eigenvalue weighted by molar-refractivity contribution is 0.170. The van der Waals surface area contributed by atoms with Crippen molar-refractivity contribution in [2.24, 2.45) is 11.8 Å². The summed E-state index contributed by atoms with van der Waals surface area (Å²) in [6, 6.07) is 6.55. The second kappa shape index (κ2) is 6.69. The SMILES string of the molecule is CCNCC1CCC(C)CC1c1ccc2c(c1)OCCO2. The largest absolute Gasteiger partial charge is 0.486 e. The van der Waals surface area contributed by atoms with Gasteiger partial charge in [0.1, 0.15) is 13.2 Å². The zero-order chi connectivity index (χ0) is 14.7. The fourth-order valence-electron chi connectivity index (χ4n) is 3.72. The van der Waals surface area contributed by atoms with E-state index in [2.05, 4.69) is 37.4 Å². The van der Waals surface area contributed by atoms with E-state index in [1.807, 2.05) is 0 Å². The van der Waals surface area contributed by atoms with E-state index in [9.17, 15) is 0 Å². The van der Waals surface area contributed by atoms with Gasteiger partial charge in [0.05, 0.1) is 0 Å². The molecule has 1 aromatic carbocycles. The molecule has 0 radical (unpaired) electrons. The molecule has 0 bridgehead atoms. The minimum absolute atomic E-state index is 0.642. The van der Waals surface area contributed by atoms with Gasteiger partial charge in [0.25, 0.3) is 0 Å². The Kier molecular flexibility index (Phi) is 4.69. The molecule has 1 aliphatic heterocycles. The summed E-state index contributed by atoms with van der Waals surface area (Å²) in [6.45, 7) is 8.08. The van der Waals surface area contributed by atoms with Crippen LogP contribution in [0.3, 0.4) is 0 Å². The average molecular weight is 289 g/mol. The Morgan fingerprint density at radius 1 is 1.14 bits per heavy atom. The molecule has 0 saturated heterocycles. The third kappa shape index (κ3) is 3.34. The summed E-state index contributed by atoms with van der Waals surface area (Å²) in [4.78, 5) is 0. The Morgan fingerprint density at radius 2 is 1.95 bits per heavy atom. The van der Waals surface area contributed by atoms with Crippen molar-refractivity contribution < 1.29 is 9.47 Å². The maximum atomic E-state index is 5.76. The van der Waals surface area contributed by atoms with Gasteiger partial charge in [-0.15, -0.1) is 0 Å². The molecule has 1 aliphatic carbocycles. The Balaban J connectivity index is 1.81. The molecule has 3 atom stereocenters. The molecule has 0 spiro atoms. The monoisotopic (exact) mass is 289 g/mol. The van der Waals surface area contributed by atoms with Gasteiger partial charge in [0.2, 0.25) is 0 Å². The van der Waals surface area contributed by atoms with Crippen molar-refractivity contribution in [1.29, 1.82) is 0 Å². The van der Waals surface area contributed by atoms with E-state index >= 15 is 0 Å². The summed E-state index contributed by atoms with van der Waals surface area (Å²) in [7, 11) is 0. The van der Waals surface area contributed by atoms with Crippen LogP contribution < -0.4 is 14.8 Å². The fourth-order valence-corrected chi connectivity index (χ4v) is 3.72. The molecule has 116 valence electrons. The molecule has 0 amide bonds. The summed E-state index contributed by atoms with van der Waals surface area (Å²) in [5, 5.41) is 3.54. The number of benzene rings is 1. The first-order chi connectivity index (χ1) is 10.3. The van der Waals surface area contributed by atoms with Crippen LogP contribution >= 0.6 is 0 Å². The van der Waals surface area contributed by atoms with Crippen LogP contribution in [-0.4, -0.2) is 26.3 Å². The molecule has 21 heavy (non-hydrogen) atoms. The lowest BCUT2D eigenvalue weighted by Gasteiger charge is -2.36. The van der Waals surface area contributed by atoms with E-state index in [4.69, 9.17) is 9.47 Å². The van der Waals surface area contributed by atoms with E-state index < -0.39 is 0 Å². The van der Waals surface area contributed by atoms with Crippen LogP contribution in [0.15, 0.2) is 18.2 Å². The van der Waals surface area contributed by atoms with Gasteiger partial charge in [-0.3, -0.25) is 0 Å². The maximum Gasteiger partial charge on any atom is 0.161 e. The second-order valence-corrected chi connectivity index (χ2v) is 6.50. The number of ether oxygens (including phenoxy) is 2. The van der Waals surface area contributed by atoms with Gasteiger partial charge in [-0.05, 0) is 61.4 Å². The summed E-state index contributed by atoms with van der Waals surface area (Å²) in [5.41, 5.74) is 1.42. The highest BCUT2D eigenvalue weighted by atomic mass is 16.6. The molecule has 3 unspecified atom stereocenters. The molecule has 1 N–H and O–H groups in total. The lowest BCUT2D eigenvalue weighted by Crippen LogP contribution is -2.31. The molecule has 1 aromatic rings. The van der Waals surface area contributed by atoms with Crippen molar-refractivity contribution in [3.63, 3.8) is 0 Å². The van der Waals surface area contributed by atoms with Gasteiger partial charge >= 0.3 is 0 Å².